The molecule has 1 amide bonds. The third kappa shape index (κ3) is 4.63. The molecule has 0 bridgehead atoms. The molecule has 0 spiro atoms. The van der Waals surface area contributed by atoms with Gasteiger partial charge in [0.2, 0.25) is 0 Å². The number of amides is 1. The van der Waals surface area contributed by atoms with Crippen molar-refractivity contribution in [3.05, 3.63) is 68.1 Å². The van der Waals surface area contributed by atoms with Gasteiger partial charge in [-0.2, -0.15) is 0 Å². The standard InChI is InChI=1S/C21H20N2O5S2/c1-4-22-20(24)19(30-21(22)29)11-14-5-8-18(27-3)15(10-14)12-28-16-6-7-17(23(25)26)13(2)9-16/h5-11H,4,12H2,1-3H3/b19-11+. The fraction of sp³-hybridized carbons (Fsp3) is 0.238. The average Bonchev–Trinajstić information content (AvgIpc) is 2.98. The van der Waals surface area contributed by atoms with Gasteiger partial charge in [-0.15, -0.1) is 0 Å². The zero-order valence-electron chi connectivity index (χ0n) is 16.7. The third-order valence-corrected chi connectivity index (χ3v) is 5.93. The molecule has 0 N–H and O–H groups in total. The minimum atomic E-state index is -0.424. The van der Waals surface area contributed by atoms with Gasteiger partial charge >= 0.3 is 0 Å². The monoisotopic (exact) mass is 444 g/mol. The predicted molar refractivity (Wildman–Crippen MR) is 121 cm³/mol. The molecule has 1 aliphatic heterocycles. The van der Waals surface area contributed by atoms with Gasteiger partial charge in [0, 0.05) is 23.7 Å². The van der Waals surface area contributed by atoms with Crippen molar-refractivity contribution in [1.82, 2.24) is 4.90 Å². The van der Waals surface area contributed by atoms with Crippen LogP contribution in [0.25, 0.3) is 6.08 Å². The number of rotatable bonds is 7. The highest BCUT2D eigenvalue weighted by atomic mass is 32.2. The Morgan fingerprint density at radius 2 is 2.03 bits per heavy atom. The Kier molecular flexibility index (Phi) is 6.73. The molecule has 2 aromatic carbocycles. The lowest BCUT2D eigenvalue weighted by molar-refractivity contribution is -0.385. The Morgan fingerprint density at radius 3 is 2.63 bits per heavy atom. The average molecular weight is 445 g/mol. The van der Waals surface area contributed by atoms with Gasteiger partial charge in [-0.1, -0.05) is 30.0 Å². The van der Waals surface area contributed by atoms with Gasteiger partial charge in [0.15, 0.2) is 0 Å². The number of thioether (sulfide) groups is 1. The number of carbonyl (C=O) groups excluding carboxylic acids is 1. The number of hydrogen-bond donors (Lipinski definition) is 0. The predicted octanol–water partition coefficient (Wildman–Crippen LogP) is 4.71. The fourth-order valence-corrected chi connectivity index (χ4v) is 4.39. The molecule has 3 rings (SSSR count). The lowest BCUT2D eigenvalue weighted by Gasteiger charge is -2.12. The molecule has 1 aliphatic rings. The molecule has 0 saturated carbocycles. The maximum atomic E-state index is 12.4. The van der Waals surface area contributed by atoms with Gasteiger partial charge in [-0.3, -0.25) is 19.8 Å². The maximum Gasteiger partial charge on any atom is 0.272 e. The van der Waals surface area contributed by atoms with Gasteiger partial charge in [0.1, 0.15) is 22.4 Å². The molecule has 7 nitrogen and oxygen atoms in total. The van der Waals surface area contributed by atoms with Crippen molar-refractivity contribution in [2.75, 3.05) is 13.7 Å². The Balaban J connectivity index is 1.81. The first kappa shape index (κ1) is 21.8. The summed E-state index contributed by atoms with van der Waals surface area (Å²) in [5, 5.41) is 11.0. The van der Waals surface area contributed by atoms with Crippen molar-refractivity contribution in [3.8, 4) is 11.5 Å². The molecule has 2 aromatic rings. The van der Waals surface area contributed by atoms with E-state index in [0.29, 0.717) is 32.8 Å². The van der Waals surface area contributed by atoms with Crippen molar-refractivity contribution >= 4 is 46.0 Å². The number of benzene rings is 2. The molecule has 0 aliphatic carbocycles. The number of hydrogen-bond acceptors (Lipinski definition) is 7. The molecule has 0 atom stereocenters. The van der Waals surface area contributed by atoms with E-state index in [1.165, 1.54) is 17.8 Å². The van der Waals surface area contributed by atoms with Gasteiger partial charge < -0.3 is 9.47 Å². The molecule has 1 fully saturated rings. The molecule has 0 radical (unpaired) electrons. The first-order chi connectivity index (χ1) is 14.3. The van der Waals surface area contributed by atoms with E-state index in [1.54, 1.807) is 37.1 Å². The van der Waals surface area contributed by atoms with E-state index >= 15 is 0 Å². The van der Waals surface area contributed by atoms with Crippen molar-refractivity contribution in [3.63, 3.8) is 0 Å². The number of nitro groups is 1. The second-order valence-electron chi connectivity index (χ2n) is 6.49. The van der Waals surface area contributed by atoms with Crippen LogP contribution < -0.4 is 9.47 Å². The fourth-order valence-electron chi connectivity index (χ4n) is 3.01. The zero-order valence-corrected chi connectivity index (χ0v) is 18.3. The van der Waals surface area contributed by atoms with Crippen LogP contribution in [0.1, 0.15) is 23.6 Å². The summed E-state index contributed by atoms with van der Waals surface area (Å²) < 4.78 is 11.8. The van der Waals surface area contributed by atoms with Crippen LogP contribution in [0.5, 0.6) is 11.5 Å². The van der Waals surface area contributed by atoms with E-state index < -0.39 is 4.92 Å². The number of methoxy groups -OCH3 is 1. The minimum Gasteiger partial charge on any atom is -0.496 e. The van der Waals surface area contributed by atoms with E-state index in [2.05, 4.69) is 0 Å². The lowest BCUT2D eigenvalue weighted by Crippen LogP contribution is -2.27. The molecular formula is C21H20N2O5S2. The molecule has 0 unspecified atom stereocenters. The molecule has 1 saturated heterocycles. The molecule has 9 heteroatoms. The highest BCUT2D eigenvalue weighted by Gasteiger charge is 2.30. The van der Waals surface area contributed by atoms with Gasteiger partial charge in [-0.05, 0) is 49.8 Å². The van der Waals surface area contributed by atoms with Crippen LogP contribution in [0, 0.1) is 17.0 Å². The van der Waals surface area contributed by atoms with Gasteiger partial charge in [0.05, 0.1) is 16.9 Å². The first-order valence-corrected chi connectivity index (χ1v) is 10.4. The highest BCUT2D eigenvalue weighted by molar-refractivity contribution is 8.26. The van der Waals surface area contributed by atoms with Crippen LogP contribution in [0.2, 0.25) is 0 Å². The van der Waals surface area contributed by atoms with Crippen LogP contribution >= 0.6 is 24.0 Å². The van der Waals surface area contributed by atoms with Crippen molar-refractivity contribution in [1.29, 1.82) is 0 Å². The number of thiocarbonyl (C=S) groups is 1. The number of ether oxygens (including phenoxy) is 2. The number of aryl methyl sites for hydroxylation is 1. The Morgan fingerprint density at radius 1 is 1.27 bits per heavy atom. The number of nitro benzene ring substituents is 1. The van der Waals surface area contributed by atoms with Gasteiger partial charge in [0.25, 0.3) is 11.6 Å². The lowest BCUT2D eigenvalue weighted by atomic mass is 10.1. The van der Waals surface area contributed by atoms with E-state index in [0.717, 1.165) is 11.1 Å². The molecule has 30 heavy (non-hydrogen) atoms. The van der Waals surface area contributed by atoms with Crippen LogP contribution in [-0.2, 0) is 11.4 Å². The quantitative estimate of drug-likeness (QED) is 0.265. The third-order valence-electron chi connectivity index (χ3n) is 4.55. The topological polar surface area (TPSA) is 81.9 Å². The Bertz CT molecular complexity index is 1050. The largest absolute Gasteiger partial charge is 0.496 e. The minimum absolute atomic E-state index is 0.0475. The van der Waals surface area contributed by atoms with Crippen LogP contribution in [0.15, 0.2) is 41.3 Å². The molecular weight excluding hydrogens is 424 g/mol. The van der Waals surface area contributed by atoms with E-state index in [-0.39, 0.29) is 18.2 Å². The maximum absolute atomic E-state index is 12.4. The second kappa shape index (κ2) is 9.27. The molecule has 156 valence electrons. The summed E-state index contributed by atoms with van der Waals surface area (Å²) in [7, 11) is 1.57. The number of carbonyl (C=O) groups is 1. The Labute approximate surface area is 183 Å². The summed E-state index contributed by atoms with van der Waals surface area (Å²) in [5.41, 5.74) is 2.18. The van der Waals surface area contributed by atoms with E-state index in [1.807, 2.05) is 25.1 Å². The summed E-state index contributed by atoms with van der Waals surface area (Å²) in [6, 6.07) is 10.2. The highest BCUT2D eigenvalue weighted by Crippen LogP contribution is 2.33. The van der Waals surface area contributed by atoms with Crippen LogP contribution in [-0.4, -0.2) is 33.7 Å². The summed E-state index contributed by atoms with van der Waals surface area (Å²) in [4.78, 5) is 25.1. The molecule has 0 aromatic heterocycles. The molecule has 1 heterocycles. The van der Waals surface area contributed by atoms with E-state index in [9.17, 15) is 14.9 Å². The second-order valence-corrected chi connectivity index (χ2v) is 8.17. The number of nitrogens with zero attached hydrogens (tertiary/aromatic N) is 2. The smallest absolute Gasteiger partial charge is 0.272 e. The summed E-state index contributed by atoms with van der Waals surface area (Å²) >= 11 is 6.54. The van der Waals surface area contributed by atoms with Gasteiger partial charge in [-0.25, -0.2) is 0 Å². The van der Waals surface area contributed by atoms with Crippen LogP contribution in [0.3, 0.4) is 0 Å². The summed E-state index contributed by atoms with van der Waals surface area (Å²) in [6.07, 6.45) is 1.80. The zero-order chi connectivity index (χ0) is 21.8. The van der Waals surface area contributed by atoms with E-state index in [4.69, 9.17) is 21.7 Å². The first-order valence-electron chi connectivity index (χ1n) is 9.14. The van der Waals surface area contributed by atoms with Crippen molar-refractivity contribution in [2.24, 2.45) is 0 Å². The normalized spacial score (nSPS) is 15.0. The SMILES string of the molecule is CCN1C(=O)/C(=C\c2ccc(OC)c(COc3ccc([N+](=O)[O-])c(C)c3)c2)SC1=S. The number of likely N-dealkylation sites (N-methyl/N-ethyl adjacent to an activating group) is 1. The van der Waals surface area contributed by atoms with Crippen LogP contribution in [0.4, 0.5) is 5.69 Å². The summed E-state index contributed by atoms with van der Waals surface area (Å²) in [5.74, 6) is 1.07. The van der Waals surface area contributed by atoms with Crippen molar-refractivity contribution in [2.45, 2.75) is 20.5 Å². The summed E-state index contributed by atoms with van der Waals surface area (Å²) in [6.45, 7) is 4.30. The van der Waals surface area contributed by atoms with Crippen molar-refractivity contribution < 1.29 is 19.2 Å². The Hall–Kier alpha value is -2.91.